The number of allylic oxidation sites excluding steroid dienone is 3. The fourth-order valence-electron chi connectivity index (χ4n) is 4.43. The van der Waals surface area contributed by atoms with Crippen LogP contribution in [0.3, 0.4) is 0 Å². The highest BCUT2D eigenvalue weighted by Gasteiger charge is 2.39. The molecule has 0 bridgehead atoms. The zero-order valence-electron chi connectivity index (χ0n) is 23.3. The monoisotopic (exact) mass is 598 g/mol. The van der Waals surface area contributed by atoms with Crippen LogP contribution in [0.4, 0.5) is 0 Å². The molecular weight excluding hydrogens is 552 g/mol. The van der Waals surface area contributed by atoms with E-state index < -0.39 is 8.32 Å². The predicted molar refractivity (Wildman–Crippen MR) is 158 cm³/mol. The third-order valence-corrected chi connectivity index (χ3v) is 14.5. The quantitative estimate of drug-likeness (QED) is 0.107. The second-order valence-corrected chi connectivity index (χ2v) is 18.6. The zero-order chi connectivity index (χ0) is 26.9. The minimum Gasteiger partial charge on any atom is -0.469 e. The van der Waals surface area contributed by atoms with Crippen LogP contribution in [0.1, 0.15) is 75.5 Å². The van der Waals surface area contributed by atoms with Crippen LogP contribution in [0.15, 0.2) is 34.8 Å². The summed E-state index contributed by atoms with van der Waals surface area (Å²) in [5.41, 5.74) is 0. The van der Waals surface area contributed by atoms with E-state index in [4.69, 9.17) is 9.16 Å². The van der Waals surface area contributed by atoms with E-state index in [1.54, 1.807) is 0 Å². The summed E-state index contributed by atoms with van der Waals surface area (Å²) in [6.07, 6.45) is 15.6. The average molecular weight is 600 g/mol. The number of thiophene rings is 1. The summed E-state index contributed by atoms with van der Waals surface area (Å²) in [5.74, 6) is 0.446. The van der Waals surface area contributed by atoms with Crippen LogP contribution in [0, 0.1) is 18.8 Å². The van der Waals surface area contributed by atoms with Crippen molar-refractivity contribution in [2.24, 2.45) is 11.8 Å². The number of hydrogen-bond acceptors (Lipinski definition) is 5. The van der Waals surface area contributed by atoms with E-state index in [1.807, 2.05) is 11.3 Å². The van der Waals surface area contributed by atoms with Crippen LogP contribution in [-0.4, -0.2) is 38.7 Å². The van der Waals surface area contributed by atoms with Gasteiger partial charge in [-0.05, 0) is 104 Å². The Morgan fingerprint density at radius 1 is 1.31 bits per heavy atom. The third-order valence-electron chi connectivity index (χ3n) is 7.80. The van der Waals surface area contributed by atoms with E-state index in [1.165, 1.54) is 21.3 Å². The first-order valence-electron chi connectivity index (χ1n) is 13.3. The summed E-state index contributed by atoms with van der Waals surface area (Å²) in [5, 5.41) is 10.8. The van der Waals surface area contributed by atoms with Gasteiger partial charge in [-0.1, -0.05) is 45.1 Å². The number of aryl methyl sites for hydroxylation is 2. The minimum atomic E-state index is -1.91. The Balaban J connectivity index is 2.03. The summed E-state index contributed by atoms with van der Waals surface area (Å²) < 4.78 is 12.8. The first kappa shape index (κ1) is 31.5. The van der Waals surface area contributed by atoms with Gasteiger partial charge in [0.05, 0.1) is 19.3 Å². The average Bonchev–Trinajstić information content (AvgIpc) is 3.31. The van der Waals surface area contributed by atoms with Crippen molar-refractivity contribution in [1.29, 1.82) is 0 Å². The van der Waals surface area contributed by atoms with Gasteiger partial charge >= 0.3 is 5.97 Å². The van der Waals surface area contributed by atoms with Crippen molar-refractivity contribution in [1.82, 2.24) is 0 Å². The second-order valence-electron chi connectivity index (χ2n) is 11.6. The van der Waals surface area contributed by atoms with Crippen molar-refractivity contribution in [3.63, 3.8) is 0 Å². The highest BCUT2D eigenvalue weighted by atomic mass is 79.9. The number of hydrogen-bond donors (Lipinski definition) is 1. The molecular formula is C29H47BrO4SSi. The van der Waals surface area contributed by atoms with Gasteiger partial charge in [-0.25, -0.2) is 0 Å². The molecule has 0 amide bonds. The van der Waals surface area contributed by atoms with E-state index in [9.17, 15) is 9.90 Å². The number of ether oxygens (including phenoxy) is 1. The van der Waals surface area contributed by atoms with Crippen LogP contribution in [0.25, 0.3) is 0 Å². The van der Waals surface area contributed by atoms with E-state index in [-0.39, 0.29) is 29.1 Å². The number of rotatable bonds is 13. The molecule has 1 saturated carbocycles. The molecule has 36 heavy (non-hydrogen) atoms. The summed E-state index contributed by atoms with van der Waals surface area (Å²) >= 11 is 5.51. The molecule has 1 aliphatic carbocycles. The molecule has 7 heteroatoms. The standard InChI is InChI=1S/C29H47BrO4SSi/c1-21-26(30)20-24(35-21)18-17-23(34-36(6,7)29(2,3)4)16-14-22-15-19-27(31)25(22)12-10-8-9-11-13-28(32)33-5/h8,10,14,16,20,22-23,25,27,31H,9,11-13,15,17-19H2,1-7H3/t22-,23?,25+,27?/m0/s1. The maximum atomic E-state index is 11.3. The molecule has 2 rings (SSSR count). The van der Waals surface area contributed by atoms with E-state index in [2.05, 4.69) is 87.1 Å². The van der Waals surface area contributed by atoms with Crippen molar-refractivity contribution < 1.29 is 19.1 Å². The van der Waals surface area contributed by atoms with Gasteiger partial charge in [0.25, 0.3) is 0 Å². The smallest absolute Gasteiger partial charge is 0.305 e. The number of halogens is 1. The van der Waals surface area contributed by atoms with Crippen LogP contribution < -0.4 is 0 Å². The van der Waals surface area contributed by atoms with E-state index >= 15 is 0 Å². The highest BCUT2D eigenvalue weighted by molar-refractivity contribution is 9.10. The van der Waals surface area contributed by atoms with Crippen molar-refractivity contribution in [2.75, 3.05) is 7.11 Å². The molecule has 4 nitrogen and oxygen atoms in total. The molecule has 1 fully saturated rings. The number of carbonyl (C=O) groups is 1. The van der Waals surface area contributed by atoms with Gasteiger partial charge in [0.15, 0.2) is 8.32 Å². The molecule has 4 atom stereocenters. The fraction of sp³-hybridized carbons (Fsp3) is 0.690. The molecule has 1 heterocycles. The minimum absolute atomic E-state index is 0.0827. The SMILES string of the molecule is COC(=O)CCCC=CC[C@H]1C(O)CC[C@@H]1C=CC(CCc1cc(Br)c(C)s1)O[Si](C)(C)C(C)(C)C. The van der Waals surface area contributed by atoms with Crippen LogP contribution in [0.5, 0.6) is 0 Å². The van der Waals surface area contributed by atoms with Crippen molar-refractivity contribution in [3.05, 3.63) is 44.6 Å². The lowest BCUT2D eigenvalue weighted by atomic mass is 9.90. The molecule has 1 aliphatic rings. The van der Waals surface area contributed by atoms with Gasteiger partial charge in [-0.2, -0.15) is 0 Å². The Labute approximate surface area is 232 Å². The third kappa shape index (κ3) is 9.86. The Bertz CT molecular complexity index is 867. The lowest BCUT2D eigenvalue weighted by molar-refractivity contribution is -0.140. The summed E-state index contributed by atoms with van der Waals surface area (Å²) in [6.45, 7) is 13.7. The van der Waals surface area contributed by atoms with Gasteiger partial charge < -0.3 is 14.3 Å². The normalized spacial score (nSPS) is 22.1. The molecule has 0 spiro atoms. The van der Waals surface area contributed by atoms with Crippen LogP contribution in [0.2, 0.25) is 18.1 Å². The number of aliphatic hydroxyl groups excluding tert-OH is 1. The predicted octanol–water partition coefficient (Wildman–Crippen LogP) is 8.37. The summed E-state index contributed by atoms with van der Waals surface area (Å²) in [6, 6.07) is 2.24. The molecule has 0 aromatic carbocycles. The number of esters is 1. The van der Waals surface area contributed by atoms with Gasteiger partial charge in [-0.3, -0.25) is 4.79 Å². The summed E-state index contributed by atoms with van der Waals surface area (Å²) in [7, 11) is -0.487. The van der Waals surface area contributed by atoms with E-state index in [0.29, 0.717) is 12.3 Å². The summed E-state index contributed by atoms with van der Waals surface area (Å²) in [4.78, 5) is 14.0. The van der Waals surface area contributed by atoms with Crippen LogP contribution in [-0.2, 0) is 20.4 Å². The van der Waals surface area contributed by atoms with Gasteiger partial charge in [0, 0.05) is 20.6 Å². The van der Waals surface area contributed by atoms with Crippen molar-refractivity contribution in [3.8, 4) is 0 Å². The van der Waals surface area contributed by atoms with Gasteiger partial charge in [-0.15, -0.1) is 11.3 Å². The first-order valence-corrected chi connectivity index (χ1v) is 17.9. The molecule has 204 valence electrons. The fourth-order valence-corrected chi connectivity index (χ4v) is 7.35. The Hall–Kier alpha value is -0.733. The largest absolute Gasteiger partial charge is 0.469 e. The molecule has 1 aromatic heterocycles. The topological polar surface area (TPSA) is 55.8 Å². The number of methoxy groups -OCH3 is 1. The lowest BCUT2D eigenvalue weighted by Gasteiger charge is -2.38. The number of unbranched alkanes of at least 4 members (excludes halogenated alkanes) is 1. The number of aliphatic hydroxyl groups is 1. The number of carbonyl (C=O) groups excluding carboxylic acids is 1. The second kappa shape index (κ2) is 14.4. The van der Waals surface area contributed by atoms with Gasteiger partial charge in [0.2, 0.25) is 0 Å². The molecule has 0 aliphatic heterocycles. The van der Waals surface area contributed by atoms with Crippen molar-refractivity contribution >= 4 is 41.6 Å². The maximum absolute atomic E-state index is 11.3. The molecule has 0 saturated heterocycles. The molecule has 1 aromatic rings. The van der Waals surface area contributed by atoms with Crippen LogP contribution >= 0.6 is 27.3 Å². The molecule has 1 N–H and O–H groups in total. The lowest BCUT2D eigenvalue weighted by Crippen LogP contribution is -2.43. The Kier molecular flexibility index (Phi) is 12.6. The molecule has 2 unspecified atom stereocenters. The maximum Gasteiger partial charge on any atom is 0.305 e. The van der Waals surface area contributed by atoms with E-state index in [0.717, 1.165) is 44.9 Å². The highest BCUT2D eigenvalue weighted by Crippen LogP contribution is 2.39. The van der Waals surface area contributed by atoms with Gasteiger partial charge in [0.1, 0.15) is 0 Å². The van der Waals surface area contributed by atoms with Crippen molar-refractivity contribution in [2.45, 2.75) is 109 Å². The Morgan fingerprint density at radius 3 is 2.64 bits per heavy atom. The Morgan fingerprint density at radius 2 is 2.03 bits per heavy atom. The molecule has 0 radical (unpaired) electrons. The zero-order valence-corrected chi connectivity index (χ0v) is 26.7. The first-order chi connectivity index (χ1) is 16.8.